The Labute approximate surface area is 218 Å². The summed E-state index contributed by atoms with van der Waals surface area (Å²) < 4.78 is 1.74. The summed E-state index contributed by atoms with van der Waals surface area (Å²) in [6.07, 6.45) is 9.18. The first kappa shape index (κ1) is 23.9. The normalized spacial score (nSPS) is 20.7. The maximum Gasteiger partial charge on any atom is 0.229 e. The molecular weight excluding hydrogens is 464 g/mol. The molecule has 1 unspecified atom stereocenters. The number of nitrogens with zero attached hydrogens (tertiary/aromatic N) is 7. The molecule has 0 spiro atoms. The Morgan fingerprint density at radius 3 is 2.46 bits per heavy atom. The number of nitrogens with one attached hydrogen (secondary N) is 1. The highest BCUT2D eigenvalue weighted by Gasteiger charge is 2.37. The molecule has 6 rings (SSSR count). The van der Waals surface area contributed by atoms with Crippen molar-refractivity contribution in [3.63, 3.8) is 0 Å². The van der Waals surface area contributed by atoms with Gasteiger partial charge in [-0.2, -0.15) is 10.1 Å². The molecular formula is C28H36N8O. The first-order valence-corrected chi connectivity index (χ1v) is 13.5. The predicted molar refractivity (Wildman–Crippen MR) is 148 cm³/mol. The molecule has 1 atom stereocenters. The smallest absolute Gasteiger partial charge is 0.229 e. The van der Waals surface area contributed by atoms with E-state index < -0.39 is 6.23 Å². The molecule has 2 fully saturated rings. The zero-order valence-electron chi connectivity index (χ0n) is 21.7. The maximum absolute atomic E-state index is 11.5. The number of rotatable bonds is 6. The topological polar surface area (TPSA) is 85.6 Å². The second-order valence-corrected chi connectivity index (χ2v) is 10.2. The molecule has 2 aliphatic heterocycles. The van der Waals surface area contributed by atoms with Crippen molar-refractivity contribution in [2.45, 2.75) is 51.8 Å². The second kappa shape index (κ2) is 10.1. The molecule has 2 aromatic heterocycles. The summed E-state index contributed by atoms with van der Waals surface area (Å²) in [7, 11) is 0. The lowest BCUT2D eigenvalue weighted by atomic mass is 10.0. The number of anilines is 4. The molecule has 1 aliphatic carbocycles. The first-order valence-electron chi connectivity index (χ1n) is 13.5. The fourth-order valence-electron chi connectivity index (χ4n) is 5.84. The zero-order chi connectivity index (χ0) is 25.4. The number of piperazine rings is 1. The summed E-state index contributed by atoms with van der Waals surface area (Å²) in [6.45, 7) is 9.68. The molecule has 9 nitrogen and oxygen atoms in total. The van der Waals surface area contributed by atoms with Crippen molar-refractivity contribution in [1.29, 1.82) is 0 Å². The van der Waals surface area contributed by atoms with Crippen LogP contribution in [0.3, 0.4) is 0 Å². The number of aromatic nitrogens is 4. The molecule has 2 N–H and O–H groups in total. The van der Waals surface area contributed by atoms with Crippen molar-refractivity contribution in [2.24, 2.45) is 0 Å². The van der Waals surface area contributed by atoms with Gasteiger partial charge in [-0.15, -0.1) is 0 Å². The minimum absolute atomic E-state index is 0.239. The third-order valence-corrected chi connectivity index (χ3v) is 7.98. The SMILES string of the molecule is CCN1CCN(c2ccc(Nc3nc(C)c4c(n3)N(C3CCCC3)C(O)C(n3cccn3)=C4)cc2)CC1. The molecule has 1 saturated heterocycles. The number of aliphatic hydroxyl groups is 1. The quantitative estimate of drug-likeness (QED) is 0.526. The molecule has 1 aromatic carbocycles. The van der Waals surface area contributed by atoms with Crippen LogP contribution in [-0.4, -0.2) is 74.7 Å². The minimum Gasteiger partial charge on any atom is -0.369 e. The van der Waals surface area contributed by atoms with Crippen molar-refractivity contribution in [3.8, 4) is 0 Å². The van der Waals surface area contributed by atoms with Gasteiger partial charge >= 0.3 is 0 Å². The van der Waals surface area contributed by atoms with E-state index in [1.54, 1.807) is 10.9 Å². The van der Waals surface area contributed by atoms with E-state index in [0.717, 1.165) is 74.0 Å². The number of hydrogen-bond donors (Lipinski definition) is 2. The largest absolute Gasteiger partial charge is 0.369 e. The van der Waals surface area contributed by atoms with E-state index in [1.807, 2.05) is 25.3 Å². The monoisotopic (exact) mass is 500 g/mol. The zero-order valence-corrected chi connectivity index (χ0v) is 21.7. The Morgan fingerprint density at radius 1 is 1.03 bits per heavy atom. The maximum atomic E-state index is 11.5. The van der Waals surface area contributed by atoms with E-state index in [9.17, 15) is 5.11 Å². The van der Waals surface area contributed by atoms with Gasteiger partial charge in [-0.05, 0) is 62.7 Å². The summed E-state index contributed by atoms with van der Waals surface area (Å²) in [4.78, 5) is 16.8. The number of hydrogen-bond acceptors (Lipinski definition) is 8. The number of aliphatic hydroxyl groups excluding tert-OH is 1. The summed E-state index contributed by atoms with van der Waals surface area (Å²) >= 11 is 0. The van der Waals surface area contributed by atoms with Gasteiger partial charge in [0.1, 0.15) is 5.82 Å². The molecule has 1 saturated carbocycles. The van der Waals surface area contributed by atoms with Gasteiger partial charge in [0.15, 0.2) is 6.23 Å². The molecule has 3 aromatic rings. The van der Waals surface area contributed by atoms with Crippen LogP contribution in [0.15, 0.2) is 42.7 Å². The third kappa shape index (κ3) is 4.69. The lowest BCUT2D eigenvalue weighted by molar-refractivity contribution is 0.204. The Morgan fingerprint density at radius 2 is 1.78 bits per heavy atom. The fourth-order valence-corrected chi connectivity index (χ4v) is 5.84. The van der Waals surface area contributed by atoms with Crippen molar-refractivity contribution >= 4 is 34.9 Å². The van der Waals surface area contributed by atoms with Crippen LogP contribution < -0.4 is 15.1 Å². The molecule has 4 heterocycles. The van der Waals surface area contributed by atoms with Crippen molar-refractivity contribution < 1.29 is 5.11 Å². The van der Waals surface area contributed by atoms with Gasteiger partial charge in [0.25, 0.3) is 0 Å². The average Bonchev–Trinajstić information content (AvgIpc) is 3.64. The van der Waals surface area contributed by atoms with Crippen LogP contribution in [0.5, 0.6) is 0 Å². The first-order chi connectivity index (χ1) is 18.1. The van der Waals surface area contributed by atoms with E-state index in [4.69, 9.17) is 9.97 Å². The van der Waals surface area contributed by atoms with Crippen LogP contribution in [-0.2, 0) is 0 Å². The molecule has 0 radical (unpaired) electrons. The average molecular weight is 501 g/mol. The lowest BCUT2D eigenvalue weighted by Crippen LogP contribution is -2.46. The third-order valence-electron chi connectivity index (χ3n) is 7.98. The number of benzene rings is 1. The van der Waals surface area contributed by atoms with Crippen LogP contribution in [0.25, 0.3) is 11.8 Å². The summed E-state index contributed by atoms with van der Waals surface area (Å²) in [5.41, 5.74) is 4.74. The van der Waals surface area contributed by atoms with Crippen molar-refractivity contribution in [1.82, 2.24) is 24.6 Å². The van der Waals surface area contributed by atoms with Gasteiger partial charge in [-0.3, -0.25) is 0 Å². The van der Waals surface area contributed by atoms with Gasteiger partial charge in [-0.1, -0.05) is 19.8 Å². The Balaban J connectivity index is 1.27. The van der Waals surface area contributed by atoms with E-state index in [1.165, 1.54) is 18.5 Å². The number of aryl methyl sites for hydroxylation is 1. The van der Waals surface area contributed by atoms with E-state index >= 15 is 0 Å². The predicted octanol–water partition coefficient (Wildman–Crippen LogP) is 3.95. The van der Waals surface area contributed by atoms with Gasteiger partial charge in [-0.25, -0.2) is 9.67 Å². The summed E-state index contributed by atoms with van der Waals surface area (Å²) in [5, 5.41) is 19.3. The van der Waals surface area contributed by atoms with Crippen LogP contribution in [0.4, 0.5) is 23.1 Å². The minimum atomic E-state index is -0.815. The number of fused-ring (bicyclic) bond motifs is 1. The molecule has 0 amide bonds. The highest BCUT2D eigenvalue weighted by atomic mass is 16.3. The molecule has 3 aliphatic rings. The fraction of sp³-hybridized carbons (Fsp3) is 0.464. The van der Waals surface area contributed by atoms with Crippen molar-refractivity contribution in [2.75, 3.05) is 47.8 Å². The Bertz CT molecular complexity index is 1240. The summed E-state index contributed by atoms with van der Waals surface area (Å²) in [6, 6.07) is 10.6. The van der Waals surface area contributed by atoms with Crippen LogP contribution >= 0.6 is 0 Å². The lowest BCUT2D eigenvalue weighted by Gasteiger charge is -2.39. The molecule has 9 heteroatoms. The van der Waals surface area contributed by atoms with Gasteiger partial charge in [0, 0.05) is 61.6 Å². The van der Waals surface area contributed by atoms with Crippen molar-refractivity contribution in [3.05, 3.63) is 54.0 Å². The highest BCUT2D eigenvalue weighted by molar-refractivity contribution is 5.85. The van der Waals surface area contributed by atoms with Crippen LogP contribution in [0.2, 0.25) is 0 Å². The molecule has 37 heavy (non-hydrogen) atoms. The highest BCUT2D eigenvalue weighted by Crippen LogP contribution is 2.39. The van der Waals surface area contributed by atoms with E-state index in [0.29, 0.717) is 5.95 Å². The second-order valence-electron chi connectivity index (χ2n) is 10.2. The van der Waals surface area contributed by atoms with Gasteiger partial charge in [0.2, 0.25) is 5.95 Å². The standard InChI is InChI=1S/C28H36N8O/c1-3-33-15-17-34(18-16-33)22-11-9-21(10-12-22)31-28-30-20(2)24-19-25(35-14-6-13-29-35)27(37)36(26(24)32-28)23-7-4-5-8-23/h6,9-14,19,23,27,37H,3-5,7-8,15-18H2,1-2H3,(H,30,31,32). The molecule has 0 bridgehead atoms. The number of likely N-dealkylation sites (N-methyl/N-ethyl adjacent to an activating group) is 1. The van der Waals surface area contributed by atoms with Crippen LogP contribution in [0, 0.1) is 6.92 Å². The van der Waals surface area contributed by atoms with Crippen LogP contribution in [0.1, 0.15) is 43.9 Å². The molecule has 194 valence electrons. The van der Waals surface area contributed by atoms with Gasteiger partial charge in [0.05, 0.1) is 11.4 Å². The van der Waals surface area contributed by atoms with E-state index in [2.05, 4.69) is 56.3 Å². The summed E-state index contributed by atoms with van der Waals surface area (Å²) in [5.74, 6) is 1.34. The van der Waals surface area contributed by atoms with Gasteiger partial charge < -0.3 is 25.1 Å². The Hall–Kier alpha value is -3.43. The Kier molecular flexibility index (Phi) is 6.56. The van der Waals surface area contributed by atoms with E-state index in [-0.39, 0.29) is 6.04 Å².